The Morgan fingerprint density at radius 2 is 1.85 bits per heavy atom. The Morgan fingerprint density at radius 3 is 2.55 bits per heavy atom. The van der Waals surface area contributed by atoms with Crippen molar-refractivity contribution in [3.05, 3.63) is 30.3 Å². The van der Waals surface area contributed by atoms with Crippen LogP contribution in [0.3, 0.4) is 0 Å². The fraction of sp³-hybridized carbons (Fsp3) is 0.500. The summed E-state index contributed by atoms with van der Waals surface area (Å²) in [6, 6.07) is 11.0. The molecule has 4 heteroatoms. The van der Waals surface area contributed by atoms with Crippen LogP contribution in [0.4, 0.5) is 0 Å². The molecule has 0 amide bonds. The van der Waals surface area contributed by atoms with E-state index in [2.05, 4.69) is 46.0 Å². The summed E-state index contributed by atoms with van der Waals surface area (Å²) in [5.41, 5.74) is 1.17. The van der Waals surface area contributed by atoms with E-state index in [0.717, 1.165) is 16.7 Å². The van der Waals surface area contributed by atoms with E-state index < -0.39 is 0 Å². The molecule has 0 radical (unpaired) electrons. The van der Waals surface area contributed by atoms with E-state index in [-0.39, 0.29) is 0 Å². The van der Waals surface area contributed by atoms with Crippen LogP contribution in [-0.2, 0) is 0 Å². The Hall–Kier alpha value is -1.29. The van der Waals surface area contributed by atoms with Crippen LogP contribution in [0.5, 0.6) is 0 Å². The van der Waals surface area contributed by atoms with E-state index in [4.69, 9.17) is 0 Å². The van der Waals surface area contributed by atoms with Gasteiger partial charge < -0.3 is 0 Å². The molecule has 106 valence electrons. The average Bonchev–Trinajstić information content (AvgIpc) is 2.93. The van der Waals surface area contributed by atoms with Gasteiger partial charge in [-0.1, -0.05) is 68.3 Å². The molecule has 0 aliphatic heterocycles. The maximum atomic E-state index is 4.47. The van der Waals surface area contributed by atoms with Gasteiger partial charge in [0.2, 0.25) is 0 Å². The van der Waals surface area contributed by atoms with E-state index in [1.165, 1.54) is 37.7 Å². The van der Waals surface area contributed by atoms with E-state index in [1.807, 2.05) is 6.07 Å². The fourth-order valence-corrected chi connectivity index (χ4v) is 3.69. The van der Waals surface area contributed by atoms with Crippen molar-refractivity contribution < 1.29 is 0 Å². The van der Waals surface area contributed by atoms with Crippen LogP contribution in [0.2, 0.25) is 0 Å². The maximum absolute atomic E-state index is 4.47. The summed E-state index contributed by atoms with van der Waals surface area (Å²) in [5.74, 6) is 2.08. The van der Waals surface area contributed by atoms with Gasteiger partial charge in [0.05, 0.1) is 0 Å². The summed E-state index contributed by atoms with van der Waals surface area (Å²) < 4.78 is 2.39. The zero-order chi connectivity index (χ0) is 13.8. The molecule has 20 heavy (non-hydrogen) atoms. The van der Waals surface area contributed by atoms with Crippen LogP contribution < -0.4 is 0 Å². The molecule has 0 spiro atoms. The molecule has 1 saturated carbocycles. The van der Waals surface area contributed by atoms with Crippen molar-refractivity contribution in [2.75, 3.05) is 5.75 Å². The van der Waals surface area contributed by atoms with Crippen molar-refractivity contribution in [3.63, 3.8) is 0 Å². The lowest BCUT2D eigenvalue weighted by Crippen LogP contribution is -2.15. The average molecular weight is 287 g/mol. The molecule has 3 nitrogen and oxygen atoms in total. The zero-order valence-corrected chi connectivity index (χ0v) is 12.8. The molecule has 2 aromatic rings. The molecule has 1 aromatic carbocycles. The number of rotatable bonds is 4. The third-order valence-corrected chi connectivity index (χ3v) is 4.74. The van der Waals surface area contributed by atoms with Gasteiger partial charge in [0, 0.05) is 11.6 Å². The highest BCUT2D eigenvalue weighted by molar-refractivity contribution is 7.99. The largest absolute Gasteiger partial charge is 0.299 e. The van der Waals surface area contributed by atoms with E-state index in [9.17, 15) is 0 Å². The predicted octanol–water partition coefficient (Wildman–Crippen LogP) is 4.56. The molecule has 1 aromatic heterocycles. The third kappa shape index (κ3) is 2.75. The van der Waals surface area contributed by atoms with Crippen LogP contribution in [0, 0.1) is 0 Å². The molecule has 1 aliphatic carbocycles. The van der Waals surface area contributed by atoms with Crippen molar-refractivity contribution in [2.45, 2.75) is 50.2 Å². The Kier molecular flexibility index (Phi) is 4.41. The minimum Gasteiger partial charge on any atom is -0.299 e. The van der Waals surface area contributed by atoms with Crippen molar-refractivity contribution >= 4 is 11.8 Å². The quantitative estimate of drug-likeness (QED) is 0.772. The summed E-state index contributed by atoms with van der Waals surface area (Å²) in [4.78, 5) is 0. The Balaban J connectivity index is 2.01. The lowest BCUT2D eigenvalue weighted by atomic mass is 9.95. The Labute approximate surface area is 124 Å². The van der Waals surface area contributed by atoms with Crippen LogP contribution >= 0.6 is 11.8 Å². The van der Waals surface area contributed by atoms with Crippen molar-refractivity contribution in [1.29, 1.82) is 0 Å². The summed E-state index contributed by atoms with van der Waals surface area (Å²) in [5, 5.41) is 9.99. The van der Waals surface area contributed by atoms with Gasteiger partial charge in [0.25, 0.3) is 0 Å². The van der Waals surface area contributed by atoms with Crippen LogP contribution in [0.15, 0.2) is 35.5 Å². The van der Waals surface area contributed by atoms with Gasteiger partial charge in [-0.2, -0.15) is 0 Å². The summed E-state index contributed by atoms with van der Waals surface area (Å²) in [6.07, 6.45) is 6.54. The Bertz CT molecular complexity index is 544. The number of aromatic nitrogens is 3. The van der Waals surface area contributed by atoms with Gasteiger partial charge in [-0.05, 0) is 18.6 Å². The highest BCUT2D eigenvalue weighted by atomic mass is 32.2. The monoisotopic (exact) mass is 287 g/mol. The molecule has 0 saturated heterocycles. The van der Waals surface area contributed by atoms with Gasteiger partial charge in [-0.25, -0.2) is 0 Å². The minimum atomic E-state index is 0.572. The molecule has 3 rings (SSSR count). The SMILES string of the molecule is CCSc1nnc(-c2ccccc2)n1C1CCCCC1. The molecule has 0 atom stereocenters. The topological polar surface area (TPSA) is 30.7 Å². The first-order chi connectivity index (χ1) is 9.90. The molecular weight excluding hydrogens is 266 g/mol. The number of hydrogen-bond donors (Lipinski definition) is 0. The van der Waals surface area contributed by atoms with Crippen LogP contribution in [0.1, 0.15) is 45.1 Å². The number of nitrogens with zero attached hydrogens (tertiary/aromatic N) is 3. The van der Waals surface area contributed by atoms with Gasteiger partial charge in [0.15, 0.2) is 11.0 Å². The van der Waals surface area contributed by atoms with Crippen molar-refractivity contribution in [2.24, 2.45) is 0 Å². The molecule has 0 N–H and O–H groups in total. The molecular formula is C16H21N3S. The van der Waals surface area contributed by atoms with Crippen molar-refractivity contribution in [3.8, 4) is 11.4 Å². The second-order valence-corrected chi connectivity index (χ2v) is 6.50. The van der Waals surface area contributed by atoms with Gasteiger partial charge in [-0.3, -0.25) is 4.57 Å². The van der Waals surface area contributed by atoms with E-state index in [0.29, 0.717) is 6.04 Å². The standard InChI is InChI=1S/C16H21N3S/c1-2-20-16-18-17-15(13-9-5-3-6-10-13)19(16)14-11-7-4-8-12-14/h3,5-6,9-10,14H,2,4,7-8,11-12H2,1H3. The maximum Gasteiger partial charge on any atom is 0.191 e. The lowest BCUT2D eigenvalue weighted by Gasteiger charge is -2.25. The van der Waals surface area contributed by atoms with Gasteiger partial charge in [0.1, 0.15) is 0 Å². The summed E-state index contributed by atoms with van der Waals surface area (Å²) >= 11 is 1.80. The molecule has 1 aliphatic rings. The summed E-state index contributed by atoms with van der Waals surface area (Å²) in [7, 11) is 0. The van der Waals surface area contributed by atoms with Crippen LogP contribution in [0.25, 0.3) is 11.4 Å². The molecule has 1 heterocycles. The smallest absolute Gasteiger partial charge is 0.191 e. The van der Waals surface area contributed by atoms with Crippen LogP contribution in [-0.4, -0.2) is 20.5 Å². The lowest BCUT2D eigenvalue weighted by molar-refractivity contribution is 0.339. The number of hydrogen-bond acceptors (Lipinski definition) is 3. The second-order valence-electron chi connectivity index (χ2n) is 5.27. The van der Waals surface area contributed by atoms with Crippen molar-refractivity contribution in [1.82, 2.24) is 14.8 Å². The molecule has 1 fully saturated rings. The summed E-state index contributed by atoms with van der Waals surface area (Å²) in [6.45, 7) is 2.17. The van der Waals surface area contributed by atoms with E-state index in [1.54, 1.807) is 11.8 Å². The van der Waals surface area contributed by atoms with E-state index >= 15 is 0 Å². The fourth-order valence-electron chi connectivity index (χ4n) is 2.96. The number of thioether (sulfide) groups is 1. The zero-order valence-electron chi connectivity index (χ0n) is 12.0. The highest BCUT2D eigenvalue weighted by Crippen LogP contribution is 2.35. The first-order valence-corrected chi connectivity index (χ1v) is 8.52. The highest BCUT2D eigenvalue weighted by Gasteiger charge is 2.23. The second kappa shape index (κ2) is 6.44. The third-order valence-electron chi connectivity index (χ3n) is 3.91. The van der Waals surface area contributed by atoms with Gasteiger partial charge in [-0.15, -0.1) is 10.2 Å². The minimum absolute atomic E-state index is 0.572. The normalized spacial score (nSPS) is 16.4. The molecule has 0 unspecified atom stereocenters. The Morgan fingerprint density at radius 1 is 1.10 bits per heavy atom. The first-order valence-electron chi connectivity index (χ1n) is 7.53. The number of benzene rings is 1. The predicted molar refractivity (Wildman–Crippen MR) is 84.0 cm³/mol. The first kappa shape index (κ1) is 13.7. The van der Waals surface area contributed by atoms with Gasteiger partial charge >= 0.3 is 0 Å². The molecule has 0 bridgehead atoms.